The van der Waals surface area contributed by atoms with E-state index in [1.165, 1.54) is 32.1 Å². The van der Waals surface area contributed by atoms with Gasteiger partial charge in [0.15, 0.2) is 0 Å². The molecule has 4 heteroatoms. The molecule has 1 fully saturated rings. The summed E-state index contributed by atoms with van der Waals surface area (Å²) in [6.07, 6.45) is 6.04. The molecule has 1 amide bonds. The summed E-state index contributed by atoms with van der Waals surface area (Å²) in [5.74, 6) is -0.499. The lowest BCUT2D eigenvalue weighted by molar-refractivity contribution is -0.144. The molecule has 4 nitrogen and oxygen atoms in total. The van der Waals surface area contributed by atoms with E-state index in [0.717, 1.165) is 0 Å². The minimum Gasteiger partial charge on any atom is -0.481 e. The van der Waals surface area contributed by atoms with Gasteiger partial charge in [0.2, 0.25) is 5.91 Å². The van der Waals surface area contributed by atoms with Crippen molar-refractivity contribution in [2.24, 2.45) is 11.3 Å². The molecule has 0 aliphatic heterocycles. The topological polar surface area (TPSA) is 66.4 Å². The first-order valence-electron chi connectivity index (χ1n) is 6.42. The molecule has 1 saturated carbocycles. The quantitative estimate of drug-likeness (QED) is 0.775. The van der Waals surface area contributed by atoms with E-state index in [1.54, 1.807) is 13.8 Å². The fraction of sp³-hybridized carbons (Fsp3) is 0.846. The highest BCUT2D eigenvalue weighted by Crippen LogP contribution is 2.24. The van der Waals surface area contributed by atoms with Crippen LogP contribution in [0, 0.1) is 11.3 Å². The fourth-order valence-corrected chi connectivity index (χ4v) is 2.33. The number of carboxylic acid groups (broad SMARTS) is 1. The second-order valence-electron chi connectivity index (χ2n) is 5.67. The molecule has 2 N–H and O–H groups in total. The predicted octanol–water partition coefficient (Wildman–Crippen LogP) is 2.18. The number of amides is 1. The van der Waals surface area contributed by atoms with E-state index in [1.807, 2.05) is 0 Å². The standard InChI is InChI=1S/C13H23NO3/c1-13(2,8-11(15)16)12(17)14-9-10-6-4-3-5-7-10/h10H,3-9H2,1-2H3,(H,14,17)(H,15,16). The molecule has 17 heavy (non-hydrogen) atoms. The minimum absolute atomic E-state index is 0.122. The van der Waals surface area contributed by atoms with E-state index in [2.05, 4.69) is 5.32 Å². The number of carbonyl (C=O) groups excluding carboxylic acids is 1. The molecule has 0 heterocycles. The Bertz CT molecular complexity index is 280. The second-order valence-corrected chi connectivity index (χ2v) is 5.67. The highest BCUT2D eigenvalue weighted by atomic mass is 16.4. The number of carboxylic acids is 1. The Hall–Kier alpha value is -1.06. The fourth-order valence-electron chi connectivity index (χ4n) is 2.33. The molecule has 1 rings (SSSR count). The maximum atomic E-state index is 11.9. The third-order valence-corrected chi connectivity index (χ3v) is 3.48. The average Bonchev–Trinajstić information content (AvgIpc) is 2.25. The first-order chi connectivity index (χ1) is 7.92. The zero-order chi connectivity index (χ0) is 12.9. The molecule has 0 aromatic carbocycles. The summed E-state index contributed by atoms with van der Waals surface area (Å²) in [5, 5.41) is 11.6. The second kappa shape index (κ2) is 6.03. The molecule has 0 spiro atoms. The van der Waals surface area contributed by atoms with Crippen LogP contribution in [0.15, 0.2) is 0 Å². The van der Waals surface area contributed by atoms with Crippen LogP contribution >= 0.6 is 0 Å². The third-order valence-electron chi connectivity index (χ3n) is 3.48. The van der Waals surface area contributed by atoms with Gasteiger partial charge >= 0.3 is 5.97 Å². The molecular weight excluding hydrogens is 218 g/mol. The summed E-state index contributed by atoms with van der Waals surface area (Å²) in [6.45, 7) is 4.05. The molecule has 0 radical (unpaired) electrons. The van der Waals surface area contributed by atoms with Gasteiger partial charge < -0.3 is 10.4 Å². The van der Waals surface area contributed by atoms with Crippen LogP contribution in [0.2, 0.25) is 0 Å². The Labute approximate surface area is 103 Å². The molecule has 0 saturated heterocycles. The first-order valence-corrected chi connectivity index (χ1v) is 6.42. The normalized spacial score (nSPS) is 17.8. The van der Waals surface area contributed by atoms with E-state index in [0.29, 0.717) is 12.5 Å². The Balaban J connectivity index is 2.34. The maximum Gasteiger partial charge on any atom is 0.304 e. The van der Waals surface area contributed by atoms with Gasteiger partial charge in [-0.05, 0) is 18.8 Å². The van der Waals surface area contributed by atoms with Gasteiger partial charge in [0, 0.05) is 6.54 Å². The Morgan fingerprint density at radius 2 is 1.82 bits per heavy atom. The summed E-state index contributed by atoms with van der Waals surface area (Å²) >= 11 is 0. The number of aliphatic carboxylic acids is 1. The van der Waals surface area contributed by atoms with E-state index in [4.69, 9.17) is 5.11 Å². The molecule has 0 unspecified atom stereocenters. The molecule has 0 bridgehead atoms. The van der Waals surface area contributed by atoms with Crippen molar-refractivity contribution >= 4 is 11.9 Å². The molecule has 0 aromatic heterocycles. The van der Waals surface area contributed by atoms with Crippen molar-refractivity contribution in [2.75, 3.05) is 6.54 Å². The van der Waals surface area contributed by atoms with Crippen molar-refractivity contribution < 1.29 is 14.7 Å². The largest absolute Gasteiger partial charge is 0.481 e. The molecule has 98 valence electrons. The molecule has 0 atom stereocenters. The van der Waals surface area contributed by atoms with Crippen LogP contribution in [-0.2, 0) is 9.59 Å². The lowest BCUT2D eigenvalue weighted by Gasteiger charge is -2.25. The maximum absolute atomic E-state index is 11.9. The summed E-state index contributed by atoms with van der Waals surface area (Å²) in [6, 6.07) is 0. The number of nitrogens with one attached hydrogen (secondary N) is 1. The van der Waals surface area contributed by atoms with Crippen LogP contribution in [0.4, 0.5) is 0 Å². The van der Waals surface area contributed by atoms with Crippen molar-refractivity contribution in [2.45, 2.75) is 52.4 Å². The number of hydrogen-bond acceptors (Lipinski definition) is 2. The number of carbonyl (C=O) groups is 2. The Kier molecular flexibility index (Phi) is 4.97. The molecule has 1 aliphatic carbocycles. The smallest absolute Gasteiger partial charge is 0.304 e. The van der Waals surface area contributed by atoms with E-state index < -0.39 is 11.4 Å². The zero-order valence-electron chi connectivity index (χ0n) is 10.8. The van der Waals surface area contributed by atoms with E-state index >= 15 is 0 Å². The van der Waals surface area contributed by atoms with Crippen LogP contribution in [0.1, 0.15) is 52.4 Å². The SMILES string of the molecule is CC(C)(CC(=O)O)C(=O)NCC1CCCCC1. The number of hydrogen-bond donors (Lipinski definition) is 2. The van der Waals surface area contributed by atoms with Crippen molar-refractivity contribution in [3.63, 3.8) is 0 Å². The van der Waals surface area contributed by atoms with Crippen LogP contribution in [-0.4, -0.2) is 23.5 Å². The van der Waals surface area contributed by atoms with Crippen molar-refractivity contribution in [3.8, 4) is 0 Å². The van der Waals surface area contributed by atoms with Crippen molar-refractivity contribution in [3.05, 3.63) is 0 Å². The van der Waals surface area contributed by atoms with Crippen LogP contribution in [0.3, 0.4) is 0 Å². The first kappa shape index (κ1) is 14.0. The van der Waals surface area contributed by atoms with Gasteiger partial charge in [0.05, 0.1) is 11.8 Å². The predicted molar refractivity (Wildman–Crippen MR) is 65.6 cm³/mol. The highest BCUT2D eigenvalue weighted by Gasteiger charge is 2.30. The van der Waals surface area contributed by atoms with Gasteiger partial charge in [-0.15, -0.1) is 0 Å². The summed E-state index contributed by atoms with van der Waals surface area (Å²) in [4.78, 5) is 22.5. The summed E-state index contributed by atoms with van der Waals surface area (Å²) in [5.41, 5.74) is -0.819. The van der Waals surface area contributed by atoms with E-state index in [9.17, 15) is 9.59 Å². The van der Waals surface area contributed by atoms with Crippen LogP contribution in [0.25, 0.3) is 0 Å². The van der Waals surface area contributed by atoms with Gasteiger partial charge in [-0.25, -0.2) is 0 Å². The minimum atomic E-state index is -0.928. The lowest BCUT2D eigenvalue weighted by atomic mass is 9.86. The Morgan fingerprint density at radius 3 is 2.35 bits per heavy atom. The average molecular weight is 241 g/mol. The zero-order valence-corrected chi connectivity index (χ0v) is 10.8. The van der Waals surface area contributed by atoms with Gasteiger partial charge in [-0.1, -0.05) is 33.1 Å². The monoisotopic (exact) mass is 241 g/mol. The van der Waals surface area contributed by atoms with Crippen molar-refractivity contribution in [1.29, 1.82) is 0 Å². The molecule has 1 aliphatic rings. The Morgan fingerprint density at radius 1 is 1.24 bits per heavy atom. The highest BCUT2D eigenvalue weighted by molar-refractivity contribution is 5.86. The molecule has 0 aromatic rings. The van der Waals surface area contributed by atoms with E-state index in [-0.39, 0.29) is 12.3 Å². The van der Waals surface area contributed by atoms with Gasteiger partial charge in [-0.2, -0.15) is 0 Å². The van der Waals surface area contributed by atoms with Gasteiger partial charge in [-0.3, -0.25) is 9.59 Å². The number of rotatable bonds is 5. The lowest BCUT2D eigenvalue weighted by Crippen LogP contribution is -2.40. The van der Waals surface area contributed by atoms with Crippen LogP contribution in [0.5, 0.6) is 0 Å². The summed E-state index contributed by atoms with van der Waals surface area (Å²) < 4.78 is 0. The van der Waals surface area contributed by atoms with Gasteiger partial charge in [0.1, 0.15) is 0 Å². The summed E-state index contributed by atoms with van der Waals surface area (Å²) in [7, 11) is 0. The van der Waals surface area contributed by atoms with Gasteiger partial charge in [0.25, 0.3) is 0 Å². The third kappa shape index (κ3) is 4.75. The molecular formula is C13H23NO3. The van der Waals surface area contributed by atoms with Crippen molar-refractivity contribution in [1.82, 2.24) is 5.32 Å². The van der Waals surface area contributed by atoms with Crippen LogP contribution < -0.4 is 5.32 Å².